The Kier molecular flexibility index (Phi) is 4.48. The van der Waals surface area contributed by atoms with Gasteiger partial charge in [0.25, 0.3) is 0 Å². The molecular weight excluding hydrogens is 324 g/mol. The van der Waals surface area contributed by atoms with Gasteiger partial charge >= 0.3 is 0 Å². The molecule has 0 aliphatic carbocycles. The van der Waals surface area contributed by atoms with Crippen LogP contribution in [0.3, 0.4) is 0 Å². The maximum atomic E-state index is 11.7. The van der Waals surface area contributed by atoms with Gasteiger partial charge in [0.1, 0.15) is 30.6 Å². The SMILES string of the molecule is COCC(=O)N[C@H]1CO[C@H]2[C@@H]1OC[C@@H]2n1cc(-c2ccccc2)nn1. The molecule has 2 aliphatic heterocycles. The smallest absolute Gasteiger partial charge is 0.246 e. The zero-order valence-corrected chi connectivity index (χ0v) is 13.9. The molecule has 0 radical (unpaired) electrons. The summed E-state index contributed by atoms with van der Waals surface area (Å²) in [6, 6.07) is 9.67. The van der Waals surface area contributed by atoms with Crippen molar-refractivity contribution in [1.82, 2.24) is 20.3 Å². The first-order valence-corrected chi connectivity index (χ1v) is 8.25. The minimum absolute atomic E-state index is 0.0286. The third kappa shape index (κ3) is 3.15. The second-order valence-electron chi connectivity index (χ2n) is 6.22. The summed E-state index contributed by atoms with van der Waals surface area (Å²) in [4.78, 5) is 11.7. The molecule has 2 aliphatic rings. The monoisotopic (exact) mass is 344 g/mol. The summed E-state index contributed by atoms with van der Waals surface area (Å²) >= 11 is 0. The molecule has 1 amide bonds. The molecule has 8 heteroatoms. The van der Waals surface area contributed by atoms with Gasteiger partial charge in [-0.05, 0) is 0 Å². The maximum absolute atomic E-state index is 11.7. The highest BCUT2D eigenvalue weighted by Gasteiger charge is 2.49. The molecule has 1 N–H and O–H groups in total. The van der Waals surface area contributed by atoms with Crippen LogP contribution in [0, 0.1) is 0 Å². The minimum atomic E-state index is -0.185. The summed E-state index contributed by atoms with van der Waals surface area (Å²) in [5.74, 6) is -0.170. The van der Waals surface area contributed by atoms with E-state index in [-0.39, 0.29) is 36.8 Å². The lowest BCUT2D eigenvalue weighted by Crippen LogP contribution is -2.45. The van der Waals surface area contributed by atoms with Gasteiger partial charge < -0.3 is 19.5 Å². The molecular formula is C17H20N4O4. The van der Waals surface area contributed by atoms with Crippen molar-refractivity contribution < 1.29 is 19.0 Å². The standard InChI is InChI=1S/C17H20N4O4/c1-23-10-15(22)18-13-8-24-17-14(9-25-16(13)17)21-7-12(19-20-21)11-5-3-2-4-6-11/h2-7,13-14,16-17H,8-10H2,1H3,(H,18,22)/t13-,14-,16+,17+/m0/s1. The number of ether oxygens (including phenoxy) is 3. The lowest BCUT2D eigenvalue weighted by atomic mass is 10.1. The molecule has 4 atom stereocenters. The minimum Gasteiger partial charge on any atom is -0.375 e. The summed E-state index contributed by atoms with van der Waals surface area (Å²) in [6.07, 6.45) is 1.57. The van der Waals surface area contributed by atoms with Crippen LogP contribution in [-0.4, -0.2) is 66.1 Å². The highest BCUT2D eigenvalue weighted by Crippen LogP contribution is 2.34. The number of methoxy groups -OCH3 is 1. The number of fused-ring (bicyclic) bond motifs is 1. The predicted molar refractivity (Wildman–Crippen MR) is 87.8 cm³/mol. The summed E-state index contributed by atoms with van der Waals surface area (Å²) < 4.78 is 18.4. The first-order chi connectivity index (χ1) is 12.3. The van der Waals surface area contributed by atoms with Crippen LogP contribution >= 0.6 is 0 Å². The maximum Gasteiger partial charge on any atom is 0.246 e. The van der Waals surface area contributed by atoms with Gasteiger partial charge in [0.05, 0.1) is 25.5 Å². The average molecular weight is 344 g/mol. The number of hydrogen-bond acceptors (Lipinski definition) is 6. The Morgan fingerprint density at radius 2 is 2.08 bits per heavy atom. The van der Waals surface area contributed by atoms with E-state index in [2.05, 4.69) is 15.6 Å². The Hall–Kier alpha value is -2.29. The van der Waals surface area contributed by atoms with Crippen LogP contribution in [-0.2, 0) is 19.0 Å². The highest BCUT2D eigenvalue weighted by atomic mass is 16.6. The Morgan fingerprint density at radius 3 is 2.88 bits per heavy atom. The van der Waals surface area contributed by atoms with E-state index in [0.717, 1.165) is 11.3 Å². The molecule has 1 aromatic carbocycles. The predicted octanol–water partition coefficient (Wildman–Crippen LogP) is 0.415. The molecule has 1 aromatic heterocycles. The van der Waals surface area contributed by atoms with Crippen LogP contribution in [0.2, 0.25) is 0 Å². The van der Waals surface area contributed by atoms with Gasteiger partial charge in [0.15, 0.2) is 0 Å². The van der Waals surface area contributed by atoms with Crippen molar-refractivity contribution >= 4 is 5.91 Å². The molecule has 0 bridgehead atoms. The van der Waals surface area contributed by atoms with Crippen molar-refractivity contribution in [2.24, 2.45) is 0 Å². The Morgan fingerprint density at radius 1 is 1.28 bits per heavy atom. The largest absolute Gasteiger partial charge is 0.375 e. The van der Waals surface area contributed by atoms with Crippen molar-refractivity contribution in [3.05, 3.63) is 36.5 Å². The second kappa shape index (κ2) is 6.91. The van der Waals surface area contributed by atoms with Crippen molar-refractivity contribution in [2.45, 2.75) is 24.3 Å². The molecule has 132 valence electrons. The Balaban J connectivity index is 1.45. The fourth-order valence-corrected chi connectivity index (χ4v) is 3.39. The first-order valence-electron chi connectivity index (χ1n) is 8.25. The summed E-state index contributed by atoms with van der Waals surface area (Å²) in [5, 5.41) is 11.4. The normalized spacial score (nSPS) is 28.0. The van der Waals surface area contributed by atoms with Crippen molar-refractivity contribution in [3.63, 3.8) is 0 Å². The van der Waals surface area contributed by atoms with Gasteiger partial charge in [-0.1, -0.05) is 35.5 Å². The lowest BCUT2D eigenvalue weighted by Gasteiger charge is -2.17. The molecule has 2 saturated heterocycles. The second-order valence-corrected chi connectivity index (χ2v) is 6.22. The van der Waals surface area contributed by atoms with E-state index in [9.17, 15) is 4.79 Å². The van der Waals surface area contributed by atoms with Crippen LogP contribution in [0.15, 0.2) is 36.5 Å². The van der Waals surface area contributed by atoms with Gasteiger partial charge in [-0.15, -0.1) is 5.10 Å². The van der Waals surface area contributed by atoms with Gasteiger partial charge in [0.2, 0.25) is 5.91 Å². The van der Waals surface area contributed by atoms with Crippen LogP contribution in [0.1, 0.15) is 6.04 Å². The lowest BCUT2D eigenvalue weighted by molar-refractivity contribution is -0.126. The van der Waals surface area contributed by atoms with E-state index < -0.39 is 0 Å². The number of benzene rings is 1. The fourth-order valence-electron chi connectivity index (χ4n) is 3.39. The van der Waals surface area contributed by atoms with Gasteiger partial charge in [0, 0.05) is 12.7 Å². The third-order valence-electron chi connectivity index (χ3n) is 4.57. The number of carbonyl (C=O) groups is 1. The molecule has 8 nitrogen and oxygen atoms in total. The quantitative estimate of drug-likeness (QED) is 0.846. The van der Waals surface area contributed by atoms with Crippen LogP contribution in [0.25, 0.3) is 11.3 Å². The number of nitrogens with one attached hydrogen (secondary N) is 1. The molecule has 0 spiro atoms. The molecule has 25 heavy (non-hydrogen) atoms. The summed E-state index contributed by atoms with van der Waals surface area (Å²) in [6.45, 7) is 0.923. The van der Waals surface area contributed by atoms with Gasteiger partial charge in [-0.2, -0.15) is 0 Å². The van der Waals surface area contributed by atoms with E-state index in [0.29, 0.717) is 13.2 Å². The van der Waals surface area contributed by atoms with E-state index in [4.69, 9.17) is 14.2 Å². The molecule has 3 heterocycles. The number of carbonyl (C=O) groups excluding carboxylic acids is 1. The first kappa shape index (κ1) is 16.2. The van der Waals surface area contributed by atoms with E-state index in [1.807, 2.05) is 36.5 Å². The number of rotatable bonds is 5. The number of hydrogen-bond donors (Lipinski definition) is 1. The summed E-state index contributed by atoms with van der Waals surface area (Å²) in [7, 11) is 1.49. The van der Waals surface area contributed by atoms with E-state index in [1.54, 1.807) is 4.68 Å². The van der Waals surface area contributed by atoms with Crippen LogP contribution in [0.5, 0.6) is 0 Å². The van der Waals surface area contributed by atoms with Crippen LogP contribution in [0.4, 0.5) is 0 Å². The van der Waals surface area contributed by atoms with Crippen molar-refractivity contribution in [2.75, 3.05) is 26.9 Å². The van der Waals surface area contributed by atoms with Gasteiger partial charge in [-0.25, -0.2) is 4.68 Å². The van der Waals surface area contributed by atoms with Gasteiger partial charge in [-0.3, -0.25) is 4.79 Å². The topological polar surface area (TPSA) is 87.5 Å². The Bertz CT molecular complexity index is 735. The number of nitrogens with zero attached hydrogens (tertiary/aromatic N) is 3. The average Bonchev–Trinajstić information content (AvgIpc) is 3.33. The zero-order valence-electron chi connectivity index (χ0n) is 13.9. The number of aromatic nitrogens is 3. The van der Waals surface area contributed by atoms with Crippen molar-refractivity contribution in [3.8, 4) is 11.3 Å². The van der Waals surface area contributed by atoms with E-state index in [1.165, 1.54) is 7.11 Å². The highest BCUT2D eigenvalue weighted by molar-refractivity contribution is 5.77. The van der Waals surface area contributed by atoms with E-state index >= 15 is 0 Å². The van der Waals surface area contributed by atoms with Crippen LogP contribution < -0.4 is 5.32 Å². The molecule has 0 unspecified atom stereocenters. The molecule has 4 rings (SSSR count). The molecule has 2 aromatic rings. The molecule has 0 saturated carbocycles. The fraction of sp³-hybridized carbons (Fsp3) is 0.471. The number of amides is 1. The molecule has 2 fully saturated rings. The zero-order chi connectivity index (χ0) is 17.2. The Labute approximate surface area is 145 Å². The summed E-state index contributed by atoms with van der Waals surface area (Å²) in [5.41, 5.74) is 1.83. The van der Waals surface area contributed by atoms with Crippen molar-refractivity contribution in [1.29, 1.82) is 0 Å². The third-order valence-corrected chi connectivity index (χ3v) is 4.57.